The molecule has 0 saturated heterocycles. The minimum Gasteiger partial charge on any atom is -0.316 e. The van der Waals surface area contributed by atoms with Gasteiger partial charge in [0.15, 0.2) is 0 Å². The van der Waals surface area contributed by atoms with Gasteiger partial charge in [-0.25, -0.2) is 13.1 Å². The molecular weight excluding hydrogens is 272 g/mol. The number of hydrogen-bond acceptors (Lipinski definition) is 3. The first-order valence-corrected chi connectivity index (χ1v) is 8.78. The minimum absolute atomic E-state index is 0.128. The van der Waals surface area contributed by atoms with Gasteiger partial charge in [0, 0.05) is 12.6 Å². The van der Waals surface area contributed by atoms with E-state index in [1.165, 1.54) is 5.56 Å². The Morgan fingerprint density at radius 2 is 2.00 bits per heavy atom. The van der Waals surface area contributed by atoms with Crippen molar-refractivity contribution in [3.05, 3.63) is 29.3 Å². The molecule has 1 saturated carbocycles. The standard InChI is InChI=1S/C15H24N2O2S/c1-4-11-6-7-14(8-13(11)10-16-3)20(18,19)17-15-9-12(15)5-2/h6-8,12,15-17H,4-5,9-10H2,1-3H3. The van der Waals surface area contributed by atoms with Gasteiger partial charge in [-0.2, -0.15) is 0 Å². The Hall–Kier alpha value is -0.910. The topological polar surface area (TPSA) is 58.2 Å². The quantitative estimate of drug-likeness (QED) is 0.809. The van der Waals surface area contributed by atoms with E-state index in [-0.39, 0.29) is 6.04 Å². The summed E-state index contributed by atoms with van der Waals surface area (Å²) in [7, 11) is -1.51. The van der Waals surface area contributed by atoms with Crippen molar-refractivity contribution in [1.82, 2.24) is 10.0 Å². The van der Waals surface area contributed by atoms with Gasteiger partial charge in [0.05, 0.1) is 4.90 Å². The van der Waals surface area contributed by atoms with E-state index in [0.717, 1.165) is 24.8 Å². The number of sulfonamides is 1. The van der Waals surface area contributed by atoms with Gasteiger partial charge in [-0.3, -0.25) is 0 Å². The van der Waals surface area contributed by atoms with E-state index in [4.69, 9.17) is 0 Å². The van der Waals surface area contributed by atoms with Crippen molar-refractivity contribution in [1.29, 1.82) is 0 Å². The molecular formula is C15H24N2O2S. The Morgan fingerprint density at radius 3 is 2.55 bits per heavy atom. The molecule has 1 fully saturated rings. The van der Waals surface area contributed by atoms with E-state index in [0.29, 0.717) is 17.4 Å². The Kier molecular flexibility index (Phi) is 4.83. The largest absolute Gasteiger partial charge is 0.316 e. The maximum Gasteiger partial charge on any atom is 0.240 e. The van der Waals surface area contributed by atoms with Gasteiger partial charge in [-0.15, -0.1) is 0 Å². The van der Waals surface area contributed by atoms with Gasteiger partial charge in [-0.1, -0.05) is 26.3 Å². The third kappa shape index (κ3) is 3.40. The van der Waals surface area contributed by atoms with Crippen molar-refractivity contribution in [3.8, 4) is 0 Å². The van der Waals surface area contributed by atoms with Crippen molar-refractivity contribution >= 4 is 10.0 Å². The van der Waals surface area contributed by atoms with Crippen molar-refractivity contribution in [2.45, 2.75) is 50.6 Å². The highest BCUT2D eigenvalue weighted by Gasteiger charge is 2.38. The minimum atomic E-state index is -3.38. The molecule has 0 aliphatic heterocycles. The second-order valence-corrected chi connectivity index (χ2v) is 7.16. The van der Waals surface area contributed by atoms with E-state index in [2.05, 4.69) is 23.9 Å². The first-order valence-electron chi connectivity index (χ1n) is 7.30. The highest BCUT2D eigenvalue weighted by atomic mass is 32.2. The highest BCUT2D eigenvalue weighted by molar-refractivity contribution is 7.89. The lowest BCUT2D eigenvalue weighted by Crippen LogP contribution is -2.27. The van der Waals surface area contributed by atoms with E-state index in [1.807, 2.05) is 13.1 Å². The molecule has 2 rings (SSSR count). The number of benzene rings is 1. The molecule has 0 radical (unpaired) electrons. The predicted octanol–water partition coefficient (Wildman–Crippen LogP) is 2.05. The van der Waals surface area contributed by atoms with Crippen molar-refractivity contribution in [2.75, 3.05) is 7.05 Å². The lowest BCUT2D eigenvalue weighted by Gasteiger charge is -2.11. The van der Waals surface area contributed by atoms with Crippen LogP contribution in [0.15, 0.2) is 23.1 Å². The Balaban J connectivity index is 2.21. The molecule has 1 aromatic rings. The summed E-state index contributed by atoms with van der Waals surface area (Å²) in [5.41, 5.74) is 2.25. The number of hydrogen-bond donors (Lipinski definition) is 2. The SMILES string of the molecule is CCc1ccc(S(=O)(=O)NC2CC2CC)cc1CNC. The van der Waals surface area contributed by atoms with E-state index >= 15 is 0 Å². The zero-order valence-electron chi connectivity index (χ0n) is 12.4. The zero-order valence-corrected chi connectivity index (χ0v) is 13.3. The third-order valence-corrected chi connectivity index (χ3v) is 5.48. The molecule has 1 aromatic carbocycles. The second kappa shape index (κ2) is 6.24. The fourth-order valence-electron chi connectivity index (χ4n) is 2.58. The molecule has 1 aliphatic carbocycles. The monoisotopic (exact) mass is 296 g/mol. The van der Waals surface area contributed by atoms with Crippen LogP contribution in [0, 0.1) is 5.92 Å². The van der Waals surface area contributed by atoms with Crippen LogP contribution in [0.1, 0.15) is 37.8 Å². The van der Waals surface area contributed by atoms with Crippen LogP contribution in [0.25, 0.3) is 0 Å². The van der Waals surface area contributed by atoms with Crippen LogP contribution in [0.5, 0.6) is 0 Å². The van der Waals surface area contributed by atoms with Crippen LogP contribution in [-0.2, 0) is 23.0 Å². The molecule has 0 aromatic heterocycles. The van der Waals surface area contributed by atoms with E-state index in [9.17, 15) is 8.42 Å². The molecule has 0 amide bonds. The van der Waals surface area contributed by atoms with Crippen LogP contribution >= 0.6 is 0 Å². The van der Waals surface area contributed by atoms with Gasteiger partial charge in [0.25, 0.3) is 0 Å². The maximum atomic E-state index is 12.4. The molecule has 1 aliphatic rings. The van der Waals surface area contributed by atoms with Gasteiger partial charge >= 0.3 is 0 Å². The molecule has 2 atom stereocenters. The van der Waals surface area contributed by atoms with Crippen LogP contribution in [0.2, 0.25) is 0 Å². The molecule has 20 heavy (non-hydrogen) atoms. The summed E-state index contributed by atoms with van der Waals surface area (Å²) < 4.78 is 27.5. The molecule has 0 spiro atoms. The molecule has 5 heteroatoms. The van der Waals surface area contributed by atoms with Crippen LogP contribution in [-0.4, -0.2) is 21.5 Å². The number of aryl methyl sites for hydroxylation is 1. The van der Waals surface area contributed by atoms with Crippen molar-refractivity contribution < 1.29 is 8.42 Å². The highest BCUT2D eigenvalue weighted by Crippen LogP contribution is 2.34. The molecule has 2 N–H and O–H groups in total. The van der Waals surface area contributed by atoms with Crippen LogP contribution in [0.3, 0.4) is 0 Å². The van der Waals surface area contributed by atoms with Crippen LogP contribution in [0.4, 0.5) is 0 Å². The summed E-state index contributed by atoms with van der Waals surface area (Å²) in [6.45, 7) is 4.87. The summed E-state index contributed by atoms with van der Waals surface area (Å²) in [5, 5.41) is 3.09. The average Bonchev–Trinajstić information content (AvgIpc) is 3.16. The van der Waals surface area contributed by atoms with E-state index in [1.54, 1.807) is 12.1 Å². The first kappa shape index (κ1) is 15.5. The summed E-state index contributed by atoms with van der Waals surface area (Å²) in [5.74, 6) is 0.511. The number of rotatable bonds is 7. The fourth-order valence-corrected chi connectivity index (χ4v) is 3.95. The van der Waals surface area contributed by atoms with Crippen molar-refractivity contribution in [3.63, 3.8) is 0 Å². The lowest BCUT2D eigenvalue weighted by atomic mass is 10.1. The zero-order chi connectivity index (χ0) is 14.8. The normalized spacial score (nSPS) is 21.9. The van der Waals surface area contributed by atoms with Gasteiger partial charge in [0.1, 0.15) is 0 Å². The molecule has 4 nitrogen and oxygen atoms in total. The summed E-state index contributed by atoms with van der Waals surface area (Å²) >= 11 is 0. The first-order chi connectivity index (χ1) is 9.51. The average molecular weight is 296 g/mol. The van der Waals surface area contributed by atoms with Gasteiger partial charge < -0.3 is 5.32 Å². The fraction of sp³-hybridized carbons (Fsp3) is 0.600. The molecule has 112 valence electrons. The molecule has 0 heterocycles. The third-order valence-electron chi connectivity index (χ3n) is 3.99. The Bertz CT molecular complexity index is 569. The van der Waals surface area contributed by atoms with Gasteiger partial charge in [-0.05, 0) is 49.1 Å². The number of nitrogens with one attached hydrogen (secondary N) is 2. The van der Waals surface area contributed by atoms with Crippen molar-refractivity contribution in [2.24, 2.45) is 5.92 Å². The molecule has 2 unspecified atom stereocenters. The lowest BCUT2D eigenvalue weighted by molar-refractivity contribution is 0.575. The Morgan fingerprint density at radius 1 is 1.25 bits per heavy atom. The Labute approximate surface area is 122 Å². The summed E-state index contributed by atoms with van der Waals surface area (Å²) in [6, 6.07) is 5.56. The predicted molar refractivity (Wildman–Crippen MR) is 81.1 cm³/mol. The van der Waals surface area contributed by atoms with E-state index < -0.39 is 10.0 Å². The second-order valence-electron chi connectivity index (χ2n) is 5.45. The summed E-state index contributed by atoms with van der Waals surface area (Å²) in [6.07, 6.45) is 2.91. The smallest absolute Gasteiger partial charge is 0.240 e. The maximum absolute atomic E-state index is 12.4. The van der Waals surface area contributed by atoms with Crippen LogP contribution < -0.4 is 10.0 Å². The summed E-state index contributed by atoms with van der Waals surface area (Å²) in [4.78, 5) is 0.377. The molecule has 0 bridgehead atoms. The van der Waals surface area contributed by atoms with Gasteiger partial charge in [0.2, 0.25) is 10.0 Å².